The second-order valence-electron chi connectivity index (χ2n) is 5.84. The molecule has 21 heavy (non-hydrogen) atoms. The SMILES string of the molecule is O=C(O)C1Cc2ccccc2N(C(=O)C2CCNCC2)C1. The number of carboxylic acids is 1. The Bertz CT molecular complexity index is 552. The lowest BCUT2D eigenvalue weighted by atomic mass is 9.89. The van der Waals surface area contributed by atoms with Gasteiger partial charge in [0, 0.05) is 18.2 Å². The van der Waals surface area contributed by atoms with Crippen LogP contribution in [0.4, 0.5) is 5.69 Å². The van der Waals surface area contributed by atoms with Crippen LogP contribution in [0.5, 0.6) is 0 Å². The first-order valence-corrected chi connectivity index (χ1v) is 7.49. The maximum Gasteiger partial charge on any atom is 0.308 e. The number of carboxylic acid groups (broad SMARTS) is 1. The lowest BCUT2D eigenvalue weighted by Crippen LogP contribution is -2.47. The van der Waals surface area contributed by atoms with Crippen molar-refractivity contribution in [1.82, 2.24) is 5.32 Å². The van der Waals surface area contributed by atoms with Crippen LogP contribution in [0.1, 0.15) is 18.4 Å². The second-order valence-corrected chi connectivity index (χ2v) is 5.84. The van der Waals surface area contributed by atoms with E-state index < -0.39 is 11.9 Å². The highest BCUT2D eigenvalue weighted by Gasteiger charge is 2.35. The predicted molar refractivity (Wildman–Crippen MR) is 79.2 cm³/mol. The van der Waals surface area contributed by atoms with E-state index in [0.29, 0.717) is 6.42 Å². The molecule has 2 aliphatic rings. The summed E-state index contributed by atoms with van der Waals surface area (Å²) in [5.41, 5.74) is 1.84. The smallest absolute Gasteiger partial charge is 0.308 e. The summed E-state index contributed by atoms with van der Waals surface area (Å²) in [4.78, 5) is 25.9. The molecule has 2 N–H and O–H groups in total. The first kappa shape index (κ1) is 14.1. The molecule has 0 aliphatic carbocycles. The van der Waals surface area contributed by atoms with E-state index in [2.05, 4.69) is 5.32 Å². The van der Waals surface area contributed by atoms with E-state index in [1.54, 1.807) is 4.90 Å². The molecule has 1 amide bonds. The first-order chi connectivity index (χ1) is 10.2. The standard InChI is InChI=1S/C16H20N2O3/c19-15(11-5-7-17-8-6-11)18-10-13(16(20)21)9-12-3-1-2-4-14(12)18/h1-4,11,13,17H,5-10H2,(H,20,21). The molecule has 1 aromatic carbocycles. The molecular formula is C16H20N2O3. The molecule has 0 saturated carbocycles. The quantitative estimate of drug-likeness (QED) is 0.860. The summed E-state index contributed by atoms with van der Waals surface area (Å²) >= 11 is 0. The van der Waals surface area contributed by atoms with E-state index >= 15 is 0 Å². The van der Waals surface area contributed by atoms with Gasteiger partial charge in [-0.25, -0.2) is 0 Å². The van der Waals surface area contributed by atoms with E-state index in [9.17, 15) is 14.7 Å². The van der Waals surface area contributed by atoms with Gasteiger partial charge in [0.25, 0.3) is 0 Å². The van der Waals surface area contributed by atoms with Crippen molar-refractivity contribution in [3.05, 3.63) is 29.8 Å². The molecule has 1 unspecified atom stereocenters. The lowest BCUT2D eigenvalue weighted by Gasteiger charge is -2.36. The summed E-state index contributed by atoms with van der Waals surface area (Å²) in [7, 11) is 0. The number of fused-ring (bicyclic) bond motifs is 1. The van der Waals surface area contributed by atoms with E-state index in [0.717, 1.165) is 37.2 Å². The topological polar surface area (TPSA) is 69.6 Å². The van der Waals surface area contributed by atoms with Crippen molar-refractivity contribution in [2.75, 3.05) is 24.5 Å². The van der Waals surface area contributed by atoms with E-state index in [1.165, 1.54) is 0 Å². The maximum absolute atomic E-state index is 12.8. The van der Waals surface area contributed by atoms with Crippen molar-refractivity contribution in [3.8, 4) is 0 Å². The maximum atomic E-state index is 12.8. The predicted octanol–water partition coefficient (Wildman–Crippen LogP) is 1.28. The van der Waals surface area contributed by atoms with Crippen LogP contribution in [0.3, 0.4) is 0 Å². The average Bonchev–Trinajstić information content (AvgIpc) is 2.54. The van der Waals surface area contributed by atoms with Gasteiger partial charge in [-0.15, -0.1) is 0 Å². The molecule has 2 aliphatic heterocycles. The number of hydrogen-bond acceptors (Lipinski definition) is 3. The number of benzene rings is 1. The number of carbonyl (C=O) groups is 2. The number of nitrogens with one attached hydrogen (secondary N) is 1. The van der Waals surface area contributed by atoms with Gasteiger partial charge < -0.3 is 15.3 Å². The zero-order valence-corrected chi connectivity index (χ0v) is 11.9. The summed E-state index contributed by atoms with van der Waals surface area (Å²) in [5, 5.41) is 12.6. The van der Waals surface area contributed by atoms with Crippen molar-refractivity contribution in [3.63, 3.8) is 0 Å². The Morgan fingerprint density at radius 1 is 1.14 bits per heavy atom. The largest absolute Gasteiger partial charge is 0.481 e. The second kappa shape index (κ2) is 5.85. The number of carbonyl (C=O) groups excluding carboxylic acids is 1. The third-order valence-corrected chi connectivity index (χ3v) is 4.46. The van der Waals surface area contributed by atoms with Crippen molar-refractivity contribution < 1.29 is 14.7 Å². The molecule has 2 heterocycles. The molecule has 0 radical (unpaired) electrons. The van der Waals surface area contributed by atoms with Crippen molar-refractivity contribution in [2.24, 2.45) is 11.8 Å². The fourth-order valence-corrected chi connectivity index (χ4v) is 3.26. The normalized spacial score (nSPS) is 22.7. The summed E-state index contributed by atoms with van der Waals surface area (Å²) in [6, 6.07) is 7.65. The first-order valence-electron chi connectivity index (χ1n) is 7.49. The fourth-order valence-electron chi connectivity index (χ4n) is 3.26. The van der Waals surface area contributed by atoms with Crippen LogP contribution >= 0.6 is 0 Å². The highest BCUT2D eigenvalue weighted by molar-refractivity contribution is 5.97. The van der Waals surface area contributed by atoms with Gasteiger partial charge in [-0.3, -0.25) is 9.59 Å². The summed E-state index contributed by atoms with van der Waals surface area (Å²) in [6.45, 7) is 2.00. The monoisotopic (exact) mass is 288 g/mol. The third-order valence-electron chi connectivity index (χ3n) is 4.46. The zero-order chi connectivity index (χ0) is 14.8. The fraction of sp³-hybridized carbons (Fsp3) is 0.500. The average molecular weight is 288 g/mol. The minimum atomic E-state index is -0.826. The van der Waals surface area contributed by atoms with Crippen LogP contribution in [0.15, 0.2) is 24.3 Å². The Labute approximate surface area is 123 Å². The molecule has 5 heteroatoms. The van der Waals surface area contributed by atoms with Gasteiger partial charge in [0.2, 0.25) is 5.91 Å². The lowest BCUT2D eigenvalue weighted by molar-refractivity contribution is -0.141. The molecule has 1 fully saturated rings. The van der Waals surface area contributed by atoms with Crippen LogP contribution in [-0.4, -0.2) is 36.6 Å². The van der Waals surface area contributed by atoms with E-state index in [-0.39, 0.29) is 18.4 Å². The number of hydrogen-bond donors (Lipinski definition) is 2. The highest BCUT2D eigenvalue weighted by Crippen LogP contribution is 2.32. The number of nitrogens with zero attached hydrogens (tertiary/aromatic N) is 1. The van der Waals surface area contributed by atoms with Crippen LogP contribution in [0.25, 0.3) is 0 Å². The van der Waals surface area contributed by atoms with Gasteiger partial charge in [-0.05, 0) is 44.0 Å². The number of piperidine rings is 1. The summed E-state index contributed by atoms with van der Waals surface area (Å²) < 4.78 is 0. The summed E-state index contributed by atoms with van der Waals surface area (Å²) in [6.07, 6.45) is 2.16. The Morgan fingerprint density at radius 2 is 1.86 bits per heavy atom. The summed E-state index contributed by atoms with van der Waals surface area (Å²) in [5.74, 6) is -1.25. The Balaban J connectivity index is 1.88. The minimum absolute atomic E-state index is 0.00634. The Morgan fingerprint density at radius 3 is 2.57 bits per heavy atom. The van der Waals surface area contributed by atoms with Crippen LogP contribution < -0.4 is 10.2 Å². The molecule has 1 aromatic rings. The number of amides is 1. The van der Waals surface area contributed by atoms with Crippen LogP contribution in [0, 0.1) is 11.8 Å². The zero-order valence-electron chi connectivity index (χ0n) is 11.9. The number of para-hydroxylation sites is 1. The molecular weight excluding hydrogens is 268 g/mol. The van der Waals surface area contributed by atoms with E-state index in [1.807, 2.05) is 24.3 Å². The van der Waals surface area contributed by atoms with Gasteiger partial charge >= 0.3 is 5.97 Å². The number of rotatable bonds is 2. The molecule has 0 bridgehead atoms. The molecule has 1 saturated heterocycles. The molecule has 5 nitrogen and oxygen atoms in total. The van der Waals surface area contributed by atoms with Crippen molar-refractivity contribution in [2.45, 2.75) is 19.3 Å². The molecule has 3 rings (SSSR count). The number of aliphatic carboxylic acids is 1. The van der Waals surface area contributed by atoms with Crippen molar-refractivity contribution >= 4 is 17.6 Å². The molecule has 0 spiro atoms. The van der Waals surface area contributed by atoms with Crippen LogP contribution in [0.2, 0.25) is 0 Å². The minimum Gasteiger partial charge on any atom is -0.481 e. The molecule has 112 valence electrons. The molecule has 0 aromatic heterocycles. The number of anilines is 1. The Kier molecular flexibility index (Phi) is 3.92. The van der Waals surface area contributed by atoms with Gasteiger partial charge in [0.05, 0.1) is 5.92 Å². The van der Waals surface area contributed by atoms with Gasteiger partial charge in [0.15, 0.2) is 0 Å². The van der Waals surface area contributed by atoms with Crippen LogP contribution in [-0.2, 0) is 16.0 Å². The van der Waals surface area contributed by atoms with E-state index in [4.69, 9.17) is 0 Å². The third kappa shape index (κ3) is 2.78. The van der Waals surface area contributed by atoms with Crippen molar-refractivity contribution in [1.29, 1.82) is 0 Å². The van der Waals surface area contributed by atoms with Gasteiger partial charge in [-0.1, -0.05) is 18.2 Å². The molecule has 1 atom stereocenters. The van der Waals surface area contributed by atoms with Gasteiger partial charge in [-0.2, -0.15) is 0 Å². The Hall–Kier alpha value is -1.88. The highest BCUT2D eigenvalue weighted by atomic mass is 16.4. The van der Waals surface area contributed by atoms with Gasteiger partial charge in [0.1, 0.15) is 0 Å².